The molecule has 1 heterocycles. The number of rotatable bonds is 6. The van der Waals surface area contributed by atoms with Gasteiger partial charge in [-0.1, -0.05) is 45.0 Å². The van der Waals surface area contributed by atoms with E-state index in [0.717, 1.165) is 5.56 Å². The van der Waals surface area contributed by atoms with E-state index in [9.17, 15) is 4.79 Å². The van der Waals surface area contributed by atoms with Crippen molar-refractivity contribution in [2.24, 2.45) is 0 Å². The predicted octanol–water partition coefficient (Wildman–Crippen LogP) is 3.20. The number of nitrogens with zero attached hydrogens (tertiary/aromatic N) is 1. The van der Waals surface area contributed by atoms with E-state index in [1.165, 1.54) is 42.7 Å². The number of nitrogens with one attached hydrogen (secondary N) is 2. The van der Waals surface area contributed by atoms with Gasteiger partial charge in [0, 0.05) is 43.8 Å². The molecule has 1 atom stereocenters. The molecule has 3 rings (SSSR count). The van der Waals surface area contributed by atoms with E-state index in [1.54, 1.807) is 4.90 Å². The van der Waals surface area contributed by atoms with Gasteiger partial charge in [0.1, 0.15) is 6.04 Å². The lowest BCUT2D eigenvalue weighted by Gasteiger charge is -2.26. The average molecular weight is 395 g/mol. The lowest BCUT2D eigenvalue weighted by atomic mass is 9.87. The fraction of sp³-hybridized carbons (Fsp3) is 0.480. The van der Waals surface area contributed by atoms with Gasteiger partial charge in [-0.2, -0.15) is 0 Å². The highest BCUT2D eigenvalue weighted by Gasteiger charge is 2.28. The van der Waals surface area contributed by atoms with Gasteiger partial charge in [0.25, 0.3) is 5.91 Å². The van der Waals surface area contributed by atoms with E-state index in [2.05, 4.69) is 81.5 Å². The summed E-state index contributed by atoms with van der Waals surface area (Å²) in [7, 11) is 4.12. The molecule has 2 aromatic rings. The second-order valence-corrected chi connectivity index (χ2v) is 9.44. The largest absolute Gasteiger partial charge is 0.378 e. The number of amides is 1. The first-order valence-corrected chi connectivity index (χ1v) is 10.8. The standard InChI is InChI=1S/C25H35N3O/c1-25(2,3)21-12-8-20(9-13-21)24(29)26-18-23(28-16-6-7-17-28)19-10-14-22(15-11-19)27(4)5/h8-15,23H,6-7,16-18H2,1-5H3,(H,26,29)/p+1/t23-/m0/s1. The lowest BCUT2D eigenvalue weighted by Crippen LogP contribution is -3.11. The molecule has 0 unspecified atom stereocenters. The van der Waals surface area contributed by atoms with Gasteiger partial charge in [-0.15, -0.1) is 0 Å². The molecule has 0 aliphatic carbocycles. The summed E-state index contributed by atoms with van der Waals surface area (Å²) in [6.07, 6.45) is 2.54. The number of benzene rings is 2. The Morgan fingerprint density at radius 1 is 1.00 bits per heavy atom. The van der Waals surface area contributed by atoms with Crippen LogP contribution in [0.5, 0.6) is 0 Å². The zero-order valence-electron chi connectivity index (χ0n) is 18.6. The third kappa shape index (κ3) is 5.39. The second kappa shape index (κ2) is 9.00. The maximum atomic E-state index is 12.8. The minimum absolute atomic E-state index is 0.0129. The van der Waals surface area contributed by atoms with Gasteiger partial charge >= 0.3 is 0 Å². The fourth-order valence-corrected chi connectivity index (χ4v) is 4.10. The number of quaternary nitrogens is 1. The molecule has 0 aromatic heterocycles. The Bertz CT molecular complexity index is 797. The molecule has 0 spiro atoms. The van der Waals surface area contributed by atoms with Crippen LogP contribution >= 0.6 is 0 Å². The zero-order chi connectivity index (χ0) is 21.0. The van der Waals surface area contributed by atoms with E-state index in [-0.39, 0.29) is 11.3 Å². The van der Waals surface area contributed by atoms with Crippen LogP contribution in [-0.2, 0) is 5.41 Å². The van der Waals surface area contributed by atoms with Gasteiger partial charge in [0.2, 0.25) is 0 Å². The van der Waals surface area contributed by atoms with Crippen LogP contribution in [0.15, 0.2) is 48.5 Å². The smallest absolute Gasteiger partial charge is 0.251 e. The predicted molar refractivity (Wildman–Crippen MR) is 121 cm³/mol. The molecule has 0 bridgehead atoms. The van der Waals surface area contributed by atoms with Crippen LogP contribution in [0.25, 0.3) is 0 Å². The minimum Gasteiger partial charge on any atom is -0.378 e. The number of anilines is 1. The molecule has 1 amide bonds. The summed E-state index contributed by atoms with van der Waals surface area (Å²) in [5.74, 6) is 0.0129. The molecule has 4 heteroatoms. The lowest BCUT2D eigenvalue weighted by molar-refractivity contribution is -0.918. The van der Waals surface area contributed by atoms with Crippen molar-refractivity contribution in [3.05, 3.63) is 65.2 Å². The van der Waals surface area contributed by atoms with Crippen molar-refractivity contribution in [1.29, 1.82) is 0 Å². The number of hydrogen-bond donors (Lipinski definition) is 2. The molecule has 0 radical (unpaired) electrons. The van der Waals surface area contributed by atoms with Gasteiger partial charge in [-0.3, -0.25) is 4.79 Å². The van der Waals surface area contributed by atoms with Crippen LogP contribution < -0.4 is 15.1 Å². The van der Waals surface area contributed by atoms with Crippen LogP contribution in [-0.4, -0.2) is 39.6 Å². The van der Waals surface area contributed by atoms with Crippen molar-refractivity contribution >= 4 is 11.6 Å². The van der Waals surface area contributed by atoms with E-state index in [4.69, 9.17) is 0 Å². The Kier molecular flexibility index (Phi) is 6.63. The first-order valence-electron chi connectivity index (χ1n) is 10.8. The summed E-state index contributed by atoms with van der Waals surface area (Å²) in [5.41, 5.74) is 4.58. The second-order valence-electron chi connectivity index (χ2n) is 9.44. The van der Waals surface area contributed by atoms with Crippen LogP contribution in [0.2, 0.25) is 0 Å². The SMILES string of the molecule is CN(C)c1ccc([C@H](CNC(=O)c2ccc(C(C)(C)C)cc2)[NH+]2CCCC2)cc1. The summed E-state index contributed by atoms with van der Waals surface area (Å²) < 4.78 is 0. The Hall–Kier alpha value is -2.33. The average Bonchev–Trinajstić information content (AvgIpc) is 3.22. The number of carbonyl (C=O) groups excluding carboxylic acids is 1. The van der Waals surface area contributed by atoms with Gasteiger partial charge in [-0.25, -0.2) is 0 Å². The van der Waals surface area contributed by atoms with E-state index >= 15 is 0 Å². The van der Waals surface area contributed by atoms with Crippen molar-refractivity contribution in [2.45, 2.75) is 45.1 Å². The highest BCUT2D eigenvalue weighted by Crippen LogP contribution is 2.22. The highest BCUT2D eigenvalue weighted by atomic mass is 16.1. The maximum absolute atomic E-state index is 12.8. The molecule has 0 saturated carbocycles. The van der Waals surface area contributed by atoms with Crippen molar-refractivity contribution in [3.63, 3.8) is 0 Å². The molecule has 1 saturated heterocycles. The van der Waals surface area contributed by atoms with E-state index in [1.807, 2.05) is 12.1 Å². The van der Waals surface area contributed by atoms with Gasteiger partial charge in [0.15, 0.2) is 0 Å². The molecular formula is C25H36N3O+. The molecule has 1 aliphatic heterocycles. The van der Waals surface area contributed by atoms with Crippen molar-refractivity contribution in [1.82, 2.24) is 5.32 Å². The fourth-order valence-electron chi connectivity index (χ4n) is 4.10. The Morgan fingerprint density at radius 2 is 1.59 bits per heavy atom. The Balaban J connectivity index is 1.70. The summed E-state index contributed by atoms with van der Waals surface area (Å²) in [4.78, 5) is 16.5. The molecule has 2 N–H and O–H groups in total. The quantitative estimate of drug-likeness (QED) is 0.789. The summed E-state index contributed by atoms with van der Waals surface area (Å²) in [5, 5.41) is 3.20. The van der Waals surface area contributed by atoms with Crippen LogP contribution in [0.1, 0.15) is 61.1 Å². The van der Waals surface area contributed by atoms with Crippen LogP contribution in [0.4, 0.5) is 5.69 Å². The zero-order valence-corrected chi connectivity index (χ0v) is 18.6. The normalized spacial score (nSPS) is 15.9. The van der Waals surface area contributed by atoms with Gasteiger partial charge in [0.05, 0.1) is 19.6 Å². The van der Waals surface area contributed by atoms with E-state index < -0.39 is 0 Å². The molecule has 4 nitrogen and oxygen atoms in total. The molecule has 29 heavy (non-hydrogen) atoms. The Labute approximate surface area is 175 Å². The number of hydrogen-bond acceptors (Lipinski definition) is 2. The first kappa shape index (κ1) is 21.4. The molecule has 2 aromatic carbocycles. The number of carbonyl (C=O) groups is 1. The molecule has 1 aliphatic rings. The van der Waals surface area contributed by atoms with Crippen molar-refractivity contribution in [3.8, 4) is 0 Å². The van der Waals surface area contributed by atoms with Crippen molar-refractivity contribution < 1.29 is 9.69 Å². The number of likely N-dealkylation sites (tertiary alicyclic amines) is 1. The monoisotopic (exact) mass is 394 g/mol. The van der Waals surface area contributed by atoms with Crippen LogP contribution in [0.3, 0.4) is 0 Å². The van der Waals surface area contributed by atoms with Gasteiger partial charge in [-0.05, 0) is 35.2 Å². The topological polar surface area (TPSA) is 36.8 Å². The van der Waals surface area contributed by atoms with Crippen molar-refractivity contribution in [2.75, 3.05) is 38.6 Å². The third-order valence-corrected chi connectivity index (χ3v) is 6.03. The molecular weight excluding hydrogens is 358 g/mol. The van der Waals surface area contributed by atoms with E-state index in [0.29, 0.717) is 12.6 Å². The first-order chi connectivity index (χ1) is 13.8. The molecule has 156 valence electrons. The van der Waals surface area contributed by atoms with Gasteiger partial charge < -0.3 is 15.1 Å². The molecule has 1 fully saturated rings. The summed E-state index contributed by atoms with van der Waals surface area (Å²) in [6, 6.07) is 17.1. The minimum atomic E-state index is 0.0129. The summed E-state index contributed by atoms with van der Waals surface area (Å²) in [6.45, 7) is 9.58. The highest BCUT2D eigenvalue weighted by molar-refractivity contribution is 5.94. The summed E-state index contributed by atoms with van der Waals surface area (Å²) >= 11 is 0. The maximum Gasteiger partial charge on any atom is 0.251 e. The van der Waals surface area contributed by atoms with Crippen LogP contribution in [0, 0.1) is 0 Å². The Morgan fingerprint density at radius 3 is 2.10 bits per heavy atom. The third-order valence-electron chi connectivity index (χ3n) is 6.03.